The largest absolute Gasteiger partial charge is 0.508 e. The van der Waals surface area contributed by atoms with E-state index in [0.717, 1.165) is 42.5 Å². The Morgan fingerprint density at radius 3 is 2.77 bits per heavy atom. The highest BCUT2D eigenvalue weighted by Gasteiger charge is 2.27. The van der Waals surface area contributed by atoms with Gasteiger partial charge < -0.3 is 15.2 Å². The standard InChI is InChI=1S/C21H23N3O5S/c1-2-29-21(28)17-15-9-4-3-5-10-16(15)30-20(17)23-18(26)19(27)24-22-12-13-7-6-8-14(25)11-13/h6-8,11-12,25H,2-5,9-10H2,1H3,(H,23,26)(H,24,27)/b22-12+. The molecule has 2 aromatic rings. The number of carbonyl (C=O) groups excluding carboxylic acids is 3. The molecule has 0 fully saturated rings. The Kier molecular flexibility index (Phi) is 7.18. The number of ether oxygens (including phenoxy) is 1. The summed E-state index contributed by atoms with van der Waals surface area (Å²) in [6, 6.07) is 6.27. The van der Waals surface area contributed by atoms with Crippen LogP contribution in [0.3, 0.4) is 0 Å². The number of nitrogens with one attached hydrogen (secondary N) is 2. The maximum absolute atomic E-state index is 12.5. The Labute approximate surface area is 177 Å². The molecule has 8 nitrogen and oxygen atoms in total. The summed E-state index contributed by atoms with van der Waals surface area (Å²) in [6.07, 6.45) is 5.97. The summed E-state index contributed by atoms with van der Waals surface area (Å²) >= 11 is 1.32. The number of esters is 1. The highest BCUT2D eigenvalue weighted by molar-refractivity contribution is 7.17. The van der Waals surface area contributed by atoms with E-state index in [-0.39, 0.29) is 12.4 Å². The van der Waals surface area contributed by atoms with E-state index in [4.69, 9.17) is 4.74 Å². The number of thiophene rings is 1. The summed E-state index contributed by atoms with van der Waals surface area (Å²) in [6.45, 7) is 1.94. The van der Waals surface area contributed by atoms with E-state index >= 15 is 0 Å². The summed E-state index contributed by atoms with van der Waals surface area (Å²) in [4.78, 5) is 38.0. The molecular formula is C21H23N3O5S. The second-order valence-corrected chi connectivity index (χ2v) is 7.84. The molecule has 3 N–H and O–H groups in total. The number of rotatable bonds is 5. The molecule has 1 aliphatic rings. The molecule has 1 heterocycles. The lowest BCUT2D eigenvalue weighted by atomic mass is 10.1. The van der Waals surface area contributed by atoms with E-state index in [1.165, 1.54) is 29.7 Å². The van der Waals surface area contributed by atoms with Crippen molar-refractivity contribution in [1.82, 2.24) is 5.43 Å². The van der Waals surface area contributed by atoms with Gasteiger partial charge in [0.05, 0.1) is 18.4 Å². The molecule has 1 aliphatic carbocycles. The van der Waals surface area contributed by atoms with Crippen molar-refractivity contribution in [3.8, 4) is 5.75 Å². The van der Waals surface area contributed by atoms with Crippen LogP contribution in [0.1, 0.15) is 52.5 Å². The first-order valence-corrected chi connectivity index (χ1v) is 10.6. The highest BCUT2D eigenvalue weighted by Crippen LogP contribution is 2.38. The molecule has 0 bridgehead atoms. The Morgan fingerprint density at radius 2 is 2.00 bits per heavy atom. The zero-order chi connectivity index (χ0) is 21.5. The number of anilines is 1. The number of fused-ring (bicyclic) bond motifs is 1. The van der Waals surface area contributed by atoms with Crippen molar-refractivity contribution in [2.75, 3.05) is 11.9 Å². The minimum Gasteiger partial charge on any atom is -0.508 e. The Morgan fingerprint density at radius 1 is 1.20 bits per heavy atom. The number of phenolic OH excluding ortho intramolecular Hbond substituents is 1. The van der Waals surface area contributed by atoms with Crippen molar-refractivity contribution in [2.45, 2.75) is 39.0 Å². The van der Waals surface area contributed by atoms with E-state index < -0.39 is 17.8 Å². The molecule has 0 aliphatic heterocycles. The van der Waals surface area contributed by atoms with Crippen molar-refractivity contribution >= 4 is 40.3 Å². The second kappa shape index (κ2) is 10.0. The number of hydrogen-bond donors (Lipinski definition) is 3. The van der Waals surface area contributed by atoms with Crippen LogP contribution in [0.2, 0.25) is 0 Å². The number of aromatic hydroxyl groups is 1. The minimum atomic E-state index is -0.968. The predicted octanol–water partition coefficient (Wildman–Crippen LogP) is 2.99. The van der Waals surface area contributed by atoms with E-state index in [2.05, 4.69) is 15.8 Å². The molecule has 3 rings (SSSR count). The predicted molar refractivity (Wildman–Crippen MR) is 114 cm³/mol. The van der Waals surface area contributed by atoms with Gasteiger partial charge in [0.15, 0.2) is 0 Å². The minimum absolute atomic E-state index is 0.0620. The molecule has 0 radical (unpaired) electrons. The zero-order valence-corrected chi connectivity index (χ0v) is 17.4. The van der Waals surface area contributed by atoms with Gasteiger partial charge in [0, 0.05) is 4.88 Å². The molecule has 0 saturated heterocycles. The fourth-order valence-electron chi connectivity index (χ4n) is 3.23. The first-order chi connectivity index (χ1) is 14.5. The highest BCUT2D eigenvalue weighted by atomic mass is 32.1. The van der Waals surface area contributed by atoms with E-state index in [1.54, 1.807) is 19.1 Å². The molecule has 1 aromatic carbocycles. The lowest BCUT2D eigenvalue weighted by Gasteiger charge is -2.08. The Balaban J connectivity index is 1.72. The number of carbonyl (C=O) groups is 3. The number of nitrogens with zero attached hydrogens (tertiary/aromatic N) is 1. The summed E-state index contributed by atoms with van der Waals surface area (Å²) in [7, 11) is 0. The Hall–Kier alpha value is -3.20. The number of benzene rings is 1. The van der Waals surface area contributed by atoms with Crippen LogP contribution in [0.15, 0.2) is 29.4 Å². The SMILES string of the molecule is CCOC(=O)c1c(NC(=O)C(=O)N/N=C/c2cccc(O)c2)sc2c1CCCCC2. The van der Waals surface area contributed by atoms with Crippen LogP contribution in [0.25, 0.3) is 0 Å². The summed E-state index contributed by atoms with van der Waals surface area (Å²) in [5, 5.41) is 16.0. The van der Waals surface area contributed by atoms with Crippen LogP contribution in [-0.4, -0.2) is 35.7 Å². The topological polar surface area (TPSA) is 117 Å². The third kappa shape index (κ3) is 5.24. The lowest BCUT2D eigenvalue weighted by molar-refractivity contribution is -0.136. The fraction of sp³-hybridized carbons (Fsp3) is 0.333. The molecule has 2 amide bonds. The van der Waals surface area contributed by atoms with Crippen molar-refractivity contribution in [1.29, 1.82) is 0 Å². The summed E-state index contributed by atoms with van der Waals surface area (Å²) in [5.74, 6) is -2.32. The van der Waals surface area contributed by atoms with E-state index in [1.807, 2.05) is 0 Å². The maximum atomic E-state index is 12.5. The van der Waals surface area contributed by atoms with Crippen LogP contribution in [-0.2, 0) is 27.2 Å². The molecule has 0 spiro atoms. The van der Waals surface area contributed by atoms with Crippen LogP contribution in [0, 0.1) is 0 Å². The van der Waals surface area contributed by atoms with Gasteiger partial charge in [0.25, 0.3) is 0 Å². The van der Waals surface area contributed by atoms with Crippen LogP contribution in [0.4, 0.5) is 5.00 Å². The number of amides is 2. The van der Waals surface area contributed by atoms with Gasteiger partial charge in [-0.05, 0) is 55.9 Å². The van der Waals surface area contributed by atoms with Gasteiger partial charge in [-0.15, -0.1) is 11.3 Å². The molecular weight excluding hydrogens is 406 g/mol. The van der Waals surface area contributed by atoms with Gasteiger partial charge in [0.2, 0.25) is 0 Å². The van der Waals surface area contributed by atoms with Crippen molar-refractivity contribution < 1.29 is 24.2 Å². The number of hydrogen-bond acceptors (Lipinski definition) is 7. The van der Waals surface area contributed by atoms with Gasteiger partial charge in [0.1, 0.15) is 10.8 Å². The molecule has 30 heavy (non-hydrogen) atoms. The van der Waals surface area contributed by atoms with Crippen molar-refractivity contribution in [2.24, 2.45) is 5.10 Å². The van der Waals surface area contributed by atoms with E-state index in [0.29, 0.717) is 16.1 Å². The second-order valence-electron chi connectivity index (χ2n) is 6.74. The smallest absolute Gasteiger partial charge is 0.341 e. The maximum Gasteiger partial charge on any atom is 0.341 e. The first kappa shape index (κ1) is 21.5. The normalized spacial score (nSPS) is 13.4. The number of hydrazone groups is 1. The van der Waals surface area contributed by atoms with Crippen LogP contribution < -0.4 is 10.7 Å². The van der Waals surface area contributed by atoms with E-state index in [9.17, 15) is 19.5 Å². The molecule has 0 atom stereocenters. The average molecular weight is 429 g/mol. The monoisotopic (exact) mass is 429 g/mol. The third-order valence-corrected chi connectivity index (χ3v) is 5.79. The molecule has 0 unspecified atom stereocenters. The van der Waals surface area contributed by atoms with Crippen molar-refractivity contribution in [3.05, 3.63) is 45.8 Å². The van der Waals surface area contributed by atoms with Crippen LogP contribution >= 0.6 is 11.3 Å². The zero-order valence-electron chi connectivity index (χ0n) is 16.6. The average Bonchev–Trinajstić information content (AvgIpc) is 2.88. The molecule has 0 saturated carbocycles. The summed E-state index contributed by atoms with van der Waals surface area (Å²) in [5.41, 5.74) is 3.96. The molecule has 9 heteroatoms. The van der Waals surface area contributed by atoms with Gasteiger partial charge in [-0.1, -0.05) is 18.6 Å². The van der Waals surface area contributed by atoms with Crippen LogP contribution in [0.5, 0.6) is 5.75 Å². The van der Waals surface area contributed by atoms with Gasteiger partial charge in [-0.2, -0.15) is 5.10 Å². The van der Waals surface area contributed by atoms with Gasteiger partial charge in [-0.3, -0.25) is 9.59 Å². The number of phenols is 1. The molecule has 158 valence electrons. The quantitative estimate of drug-likeness (QED) is 0.222. The Bertz CT molecular complexity index is 983. The lowest BCUT2D eigenvalue weighted by Crippen LogP contribution is -2.32. The van der Waals surface area contributed by atoms with Crippen molar-refractivity contribution in [3.63, 3.8) is 0 Å². The first-order valence-electron chi connectivity index (χ1n) is 9.74. The van der Waals surface area contributed by atoms with Gasteiger partial charge in [-0.25, -0.2) is 10.2 Å². The third-order valence-electron chi connectivity index (χ3n) is 4.58. The fourth-order valence-corrected chi connectivity index (χ4v) is 4.50. The van der Waals surface area contributed by atoms with Gasteiger partial charge >= 0.3 is 17.8 Å². The summed E-state index contributed by atoms with van der Waals surface area (Å²) < 4.78 is 5.17. The molecule has 1 aromatic heterocycles. The number of aryl methyl sites for hydroxylation is 1.